The van der Waals surface area contributed by atoms with Gasteiger partial charge in [-0.25, -0.2) is 4.98 Å². The minimum absolute atomic E-state index is 0.259. The maximum atomic E-state index is 9.35. The lowest BCUT2D eigenvalue weighted by molar-refractivity contribution is 0.144. The molecule has 3 rings (SSSR count). The van der Waals surface area contributed by atoms with E-state index in [-0.39, 0.29) is 6.61 Å². The molecular weight excluding hydrogens is 280 g/mol. The lowest BCUT2D eigenvalue weighted by Gasteiger charge is -2.28. The first-order valence-corrected chi connectivity index (χ1v) is 9.21. The van der Waals surface area contributed by atoms with Crippen LogP contribution in [0.1, 0.15) is 61.5 Å². The fourth-order valence-electron chi connectivity index (χ4n) is 3.78. The van der Waals surface area contributed by atoms with Crippen LogP contribution in [0.3, 0.4) is 0 Å². The Morgan fingerprint density at radius 1 is 1.33 bits per heavy atom. The summed E-state index contributed by atoms with van der Waals surface area (Å²) in [7, 11) is 0. The van der Waals surface area contributed by atoms with Gasteiger partial charge in [-0.1, -0.05) is 26.7 Å². The Kier molecular flexibility index (Phi) is 4.67. The van der Waals surface area contributed by atoms with Crippen LogP contribution in [0.5, 0.6) is 0 Å². The van der Waals surface area contributed by atoms with Crippen LogP contribution in [0.4, 0.5) is 0 Å². The summed E-state index contributed by atoms with van der Waals surface area (Å²) in [4.78, 5) is 8.88. The van der Waals surface area contributed by atoms with Crippen molar-refractivity contribution in [3.05, 3.63) is 15.6 Å². The molecule has 1 saturated carbocycles. The molecule has 2 aliphatic carbocycles. The molecule has 1 aromatic heterocycles. The Morgan fingerprint density at radius 3 is 2.81 bits per heavy atom. The number of aliphatic hydroxyl groups excluding tert-OH is 1. The topological polar surface area (TPSA) is 36.4 Å². The first-order valence-electron chi connectivity index (χ1n) is 8.40. The Bertz CT molecular complexity index is 477. The van der Waals surface area contributed by atoms with Crippen LogP contribution < -0.4 is 0 Å². The number of aromatic nitrogens is 1. The number of aliphatic hydroxyl groups is 1. The zero-order valence-electron chi connectivity index (χ0n) is 13.4. The Hall–Kier alpha value is -0.450. The minimum atomic E-state index is 0.259. The summed E-state index contributed by atoms with van der Waals surface area (Å²) in [6.45, 7) is 6.72. The number of hydrogen-bond donors (Lipinski definition) is 1. The van der Waals surface area contributed by atoms with Gasteiger partial charge >= 0.3 is 0 Å². The molecule has 3 nitrogen and oxygen atoms in total. The lowest BCUT2D eigenvalue weighted by Crippen LogP contribution is -2.35. The summed E-state index contributed by atoms with van der Waals surface area (Å²) >= 11 is 1.92. The van der Waals surface area contributed by atoms with Gasteiger partial charge in [-0.15, -0.1) is 11.3 Å². The van der Waals surface area contributed by atoms with Crippen molar-refractivity contribution in [1.82, 2.24) is 9.88 Å². The van der Waals surface area contributed by atoms with Crippen LogP contribution in [0.25, 0.3) is 0 Å². The zero-order chi connectivity index (χ0) is 14.9. The molecule has 0 aliphatic heterocycles. The average Bonchev–Trinajstić information content (AvgIpc) is 3.05. The molecule has 0 spiro atoms. The molecule has 0 saturated heterocycles. The molecule has 0 bridgehead atoms. The molecule has 21 heavy (non-hydrogen) atoms. The molecule has 1 fully saturated rings. The number of hydrogen-bond acceptors (Lipinski definition) is 4. The van der Waals surface area contributed by atoms with Crippen molar-refractivity contribution in [1.29, 1.82) is 0 Å². The second kappa shape index (κ2) is 6.35. The van der Waals surface area contributed by atoms with Crippen molar-refractivity contribution in [3.63, 3.8) is 0 Å². The third kappa shape index (κ3) is 3.66. The Balaban J connectivity index is 1.70. The maximum absolute atomic E-state index is 9.35. The first-order chi connectivity index (χ1) is 10.1. The smallest absolute Gasteiger partial charge is 0.107 e. The Morgan fingerprint density at radius 2 is 2.10 bits per heavy atom. The molecule has 2 aliphatic rings. The van der Waals surface area contributed by atoms with E-state index < -0.39 is 0 Å². The summed E-state index contributed by atoms with van der Waals surface area (Å²) in [5.41, 5.74) is 1.79. The van der Waals surface area contributed by atoms with Crippen LogP contribution in [-0.4, -0.2) is 34.2 Å². The monoisotopic (exact) mass is 308 g/mol. The molecule has 1 heterocycles. The molecule has 0 atom stereocenters. The number of nitrogens with zero attached hydrogens (tertiary/aromatic N) is 2. The lowest BCUT2D eigenvalue weighted by atomic mass is 9.79. The van der Waals surface area contributed by atoms with E-state index >= 15 is 0 Å². The van der Waals surface area contributed by atoms with Crippen molar-refractivity contribution in [3.8, 4) is 0 Å². The summed E-state index contributed by atoms with van der Waals surface area (Å²) in [6.07, 6.45) is 8.85. The van der Waals surface area contributed by atoms with Crippen molar-refractivity contribution >= 4 is 11.3 Å². The second-order valence-corrected chi connectivity index (χ2v) is 8.62. The molecule has 0 amide bonds. The first kappa shape index (κ1) is 15.4. The van der Waals surface area contributed by atoms with E-state index in [1.165, 1.54) is 54.1 Å². The van der Waals surface area contributed by atoms with Gasteiger partial charge in [0.2, 0.25) is 0 Å². The second-order valence-electron chi connectivity index (χ2n) is 7.45. The molecule has 0 radical (unpaired) electrons. The molecular formula is C17H28N2OS. The van der Waals surface area contributed by atoms with Crippen molar-refractivity contribution in [2.45, 2.75) is 71.4 Å². The van der Waals surface area contributed by atoms with Crippen molar-refractivity contribution in [2.24, 2.45) is 5.41 Å². The molecule has 1 aromatic rings. The molecule has 0 unspecified atom stereocenters. The summed E-state index contributed by atoms with van der Waals surface area (Å²) < 4.78 is 0. The van der Waals surface area contributed by atoms with Gasteiger partial charge in [0.15, 0.2) is 0 Å². The van der Waals surface area contributed by atoms with Crippen LogP contribution in [-0.2, 0) is 19.4 Å². The highest BCUT2D eigenvalue weighted by Gasteiger charge is 2.29. The van der Waals surface area contributed by atoms with Crippen molar-refractivity contribution < 1.29 is 5.11 Å². The quantitative estimate of drug-likeness (QED) is 0.906. The molecule has 0 aromatic carbocycles. The highest BCUT2D eigenvalue weighted by Crippen LogP contribution is 2.37. The fraction of sp³-hybridized carbons (Fsp3) is 0.824. The minimum Gasteiger partial charge on any atom is -0.395 e. The predicted octanol–water partition coefficient (Wildman–Crippen LogP) is 3.39. The van der Waals surface area contributed by atoms with Crippen LogP contribution in [0.15, 0.2) is 0 Å². The van der Waals surface area contributed by atoms with E-state index in [0.29, 0.717) is 11.5 Å². The van der Waals surface area contributed by atoms with Crippen molar-refractivity contribution in [2.75, 3.05) is 13.2 Å². The van der Waals surface area contributed by atoms with E-state index in [9.17, 15) is 5.11 Å². The van der Waals surface area contributed by atoms with Gasteiger partial charge in [0.25, 0.3) is 0 Å². The van der Waals surface area contributed by atoms with Gasteiger partial charge in [-0.05, 0) is 37.5 Å². The number of fused-ring (bicyclic) bond motifs is 1. The normalized spacial score (nSPS) is 21.9. The predicted molar refractivity (Wildman–Crippen MR) is 87.7 cm³/mol. The van der Waals surface area contributed by atoms with E-state index in [1.807, 2.05) is 11.3 Å². The highest BCUT2D eigenvalue weighted by atomic mass is 32.1. The molecule has 118 valence electrons. The van der Waals surface area contributed by atoms with Gasteiger partial charge in [-0.3, -0.25) is 4.90 Å². The number of thiazole rings is 1. The van der Waals surface area contributed by atoms with Crippen LogP contribution in [0, 0.1) is 5.41 Å². The van der Waals surface area contributed by atoms with Gasteiger partial charge in [0, 0.05) is 17.5 Å². The van der Waals surface area contributed by atoms with Gasteiger partial charge in [0.05, 0.1) is 18.8 Å². The van der Waals surface area contributed by atoms with Crippen LogP contribution in [0.2, 0.25) is 0 Å². The standard InChI is InChI=1S/C17H28N2OS/c1-17(2)8-7-14-15(11-17)21-16(18-14)12-19(9-10-20)13-5-3-4-6-13/h13,20H,3-12H2,1-2H3. The maximum Gasteiger partial charge on any atom is 0.107 e. The zero-order valence-corrected chi connectivity index (χ0v) is 14.2. The van der Waals surface area contributed by atoms with Gasteiger partial charge < -0.3 is 5.11 Å². The van der Waals surface area contributed by atoms with E-state index in [4.69, 9.17) is 4.98 Å². The Labute approximate surface area is 132 Å². The summed E-state index contributed by atoms with van der Waals surface area (Å²) in [5, 5.41) is 10.6. The summed E-state index contributed by atoms with van der Waals surface area (Å²) in [5.74, 6) is 0. The van der Waals surface area contributed by atoms with E-state index in [1.54, 1.807) is 0 Å². The van der Waals surface area contributed by atoms with Gasteiger partial charge in [0.1, 0.15) is 5.01 Å². The largest absolute Gasteiger partial charge is 0.395 e. The third-order valence-electron chi connectivity index (χ3n) is 5.07. The van der Waals surface area contributed by atoms with Gasteiger partial charge in [-0.2, -0.15) is 0 Å². The van der Waals surface area contributed by atoms with Crippen LogP contribution >= 0.6 is 11.3 Å². The number of rotatable bonds is 5. The molecule has 1 N–H and O–H groups in total. The average molecular weight is 308 g/mol. The third-order valence-corrected chi connectivity index (χ3v) is 6.15. The SMILES string of the molecule is CC1(C)CCc2nc(CN(CCO)C3CCCC3)sc2C1. The number of aryl methyl sites for hydroxylation is 1. The fourth-order valence-corrected chi connectivity index (χ4v) is 5.18. The summed E-state index contributed by atoms with van der Waals surface area (Å²) in [6, 6.07) is 0.662. The van der Waals surface area contributed by atoms with E-state index in [2.05, 4.69) is 18.7 Å². The highest BCUT2D eigenvalue weighted by molar-refractivity contribution is 7.11. The molecule has 4 heteroatoms. The van der Waals surface area contributed by atoms with E-state index in [0.717, 1.165) is 19.5 Å².